The van der Waals surface area contributed by atoms with Crippen molar-refractivity contribution in [2.24, 2.45) is 5.41 Å². The summed E-state index contributed by atoms with van der Waals surface area (Å²) in [4.78, 5) is 27.0. The average Bonchev–Trinajstić information content (AvgIpc) is 3.22. The van der Waals surface area contributed by atoms with Gasteiger partial charge in [-0.25, -0.2) is 13.4 Å². The van der Waals surface area contributed by atoms with Gasteiger partial charge in [0.25, 0.3) is 0 Å². The molecule has 1 N–H and O–H groups in total. The fourth-order valence-electron chi connectivity index (χ4n) is 2.74. The van der Waals surface area contributed by atoms with Gasteiger partial charge in [0.05, 0.1) is 10.7 Å². The molecule has 0 aromatic carbocycles. The first-order valence-electron chi connectivity index (χ1n) is 7.28. The molecule has 0 spiro atoms. The van der Waals surface area contributed by atoms with Crippen molar-refractivity contribution in [1.82, 2.24) is 9.38 Å². The standard InChI is InChI=1S/C14H16N4O5S/c1-24(22,23)9-14(5-6-14)8-15-12-11(18(20)21)13(19)17-7-3-2-4-10(17)16-12/h2-4,7,15H,5-6,8-9H2,1H3. The zero-order valence-electron chi connectivity index (χ0n) is 12.9. The van der Waals surface area contributed by atoms with Crippen molar-refractivity contribution in [2.45, 2.75) is 12.8 Å². The molecule has 0 aliphatic heterocycles. The molecule has 0 amide bonds. The second kappa shape index (κ2) is 5.55. The van der Waals surface area contributed by atoms with Gasteiger partial charge in [0.15, 0.2) is 0 Å². The summed E-state index contributed by atoms with van der Waals surface area (Å²) in [5, 5.41) is 14.1. The third-order valence-electron chi connectivity index (χ3n) is 4.05. The fourth-order valence-corrected chi connectivity index (χ4v) is 4.25. The normalized spacial score (nSPS) is 16.0. The lowest BCUT2D eigenvalue weighted by molar-refractivity contribution is -0.385. The SMILES string of the molecule is CS(=O)(=O)CC1(CNc2nc3ccccn3c(=O)c2[N+](=O)[O-])CC1. The molecule has 1 saturated carbocycles. The summed E-state index contributed by atoms with van der Waals surface area (Å²) in [5.74, 6) is -0.121. The highest BCUT2D eigenvalue weighted by Crippen LogP contribution is 2.46. The summed E-state index contributed by atoms with van der Waals surface area (Å²) in [5.41, 5.74) is -1.58. The van der Waals surface area contributed by atoms with E-state index in [0.29, 0.717) is 12.8 Å². The van der Waals surface area contributed by atoms with Crippen LogP contribution in [-0.4, -0.2) is 41.3 Å². The van der Waals surface area contributed by atoms with Gasteiger partial charge in [-0.1, -0.05) is 6.07 Å². The third kappa shape index (κ3) is 3.23. The number of nitro groups is 1. The highest BCUT2D eigenvalue weighted by Gasteiger charge is 2.45. The smallest absolute Gasteiger partial charge is 0.363 e. The molecule has 2 heterocycles. The number of pyridine rings is 1. The molecule has 0 atom stereocenters. The Hall–Kier alpha value is -2.49. The minimum atomic E-state index is -3.15. The van der Waals surface area contributed by atoms with Crippen molar-refractivity contribution in [3.05, 3.63) is 44.9 Å². The van der Waals surface area contributed by atoms with E-state index in [1.165, 1.54) is 6.20 Å². The Morgan fingerprint density at radius 3 is 2.71 bits per heavy atom. The molecule has 1 aliphatic carbocycles. The Morgan fingerprint density at radius 2 is 2.12 bits per heavy atom. The Kier molecular flexibility index (Phi) is 3.78. The minimum absolute atomic E-state index is 0.00730. The summed E-state index contributed by atoms with van der Waals surface area (Å²) in [7, 11) is -3.15. The highest BCUT2D eigenvalue weighted by atomic mass is 32.2. The monoisotopic (exact) mass is 352 g/mol. The van der Waals surface area contributed by atoms with Crippen LogP contribution < -0.4 is 10.9 Å². The topological polar surface area (TPSA) is 124 Å². The van der Waals surface area contributed by atoms with Crippen LogP contribution in [0.15, 0.2) is 29.2 Å². The number of aromatic nitrogens is 2. The number of nitrogens with one attached hydrogen (secondary N) is 1. The molecule has 2 aromatic rings. The zero-order valence-corrected chi connectivity index (χ0v) is 13.7. The molecular formula is C14H16N4O5S. The lowest BCUT2D eigenvalue weighted by atomic mass is 10.1. The highest BCUT2D eigenvalue weighted by molar-refractivity contribution is 7.90. The van der Waals surface area contributed by atoms with Crippen LogP contribution >= 0.6 is 0 Å². The van der Waals surface area contributed by atoms with Crippen molar-refractivity contribution in [3.8, 4) is 0 Å². The molecule has 128 valence electrons. The first-order chi connectivity index (χ1) is 11.2. The predicted molar refractivity (Wildman–Crippen MR) is 88.0 cm³/mol. The molecule has 24 heavy (non-hydrogen) atoms. The first-order valence-corrected chi connectivity index (χ1v) is 9.34. The first kappa shape index (κ1) is 16.4. The van der Waals surface area contributed by atoms with Gasteiger partial charge < -0.3 is 5.32 Å². The molecule has 1 aliphatic rings. The molecular weight excluding hydrogens is 336 g/mol. The second-order valence-corrected chi connectivity index (χ2v) is 8.36. The Labute approximate surface area is 137 Å². The van der Waals surface area contributed by atoms with Crippen LogP contribution in [0.1, 0.15) is 12.8 Å². The van der Waals surface area contributed by atoms with Crippen molar-refractivity contribution >= 4 is 27.0 Å². The van der Waals surface area contributed by atoms with Crippen LogP contribution in [0.2, 0.25) is 0 Å². The van der Waals surface area contributed by atoms with E-state index in [-0.39, 0.29) is 23.8 Å². The van der Waals surface area contributed by atoms with Crippen molar-refractivity contribution in [2.75, 3.05) is 23.9 Å². The van der Waals surface area contributed by atoms with Crippen molar-refractivity contribution in [3.63, 3.8) is 0 Å². The van der Waals surface area contributed by atoms with Gasteiger partial charge in [0, 0.05) is 24.4 Å². The van der Waals surface area contributed by atoms with Gasteiger partial charge in [-0.15, -0.1) is 0 Å². The quantitative estimate of drug-likeness (QED) is 0.603. The van der Waals surface area contributed by atoms with E-state index in [1.807, 2.05) is 0 Å². The molecule has 9 nitrogen and oxygen atoms in total. The van der Waals surface area contributed by atoms with Gasteiger partial charge in [0.1, 0.15) is 15.5 Å². The number of hydrogen-bond acceptors (Lipinski definition) is 7. The zero-order chi connectivity index (χ0) is 17.5. The number of fused-ring (bicyclic) bond motifs is 1. The van der Waals surface area contributed by atoms with Crippen LogP contribution in [0, 0.1) is 15.5 Å². The van der Waals surface area contributed by atoms with Crippen LogP contribution in [-0.2, 0) is 9.84 Å². The molecule has 1 fully saturated rings. The Bertz CT molecular complexity index is 978. The lowest BCUT2D eigenvalue weighted by Crippen LogP contribution is -2.27. The molecule has 0 unspecified atom stereocenters. The summed E-state index contributed by atoms with van der Waals surface area (Å²) < 4.78 is 24.1. The molecule has 0 saturated heterocycles. The van der Waals surface area contributed by atoms with Crippen LogP contribution in [0.25, 0.3) is 5.65 Å². The van der Waals surface area contributed by atoms with E-state index in [2.05, 4.69) is 10.3 Å². The fraction of sp³-hybridized carbons (Fsp3) is 0.429. The summed E-state index contributed by atoms with van der Waals surface area (Å²) in [6.07, 6.45) is 4.00. The summed E-state index contributed by atoms with van der Waals surface area (Å²) in [6.45, 7) is 0.219. The van der Waals surface area contributed by atoms with E-state index in [0.717, 1.165) is 10.7 Å². The van der Waals surface area contributed by atoms with Crippen LogP contribution in [0.5, 0.6) is 0 Å². The molecule has 10 heteroatoms. The van der Waals surface area contributed by atoms with Gasteiger partial charge in [-0.2, -0.15) is 0 Å². The van der Waals surface area contributed by atoms with Gasteiger partial charge in [0.2, 0.25) is 5.82 Å². The minimum Gasteiger partial charge on any atom is -0.363 e. The maximum atomic E-state index is 12.3. The van der Waals surface area contributed by atoms with E-state index >= 15 is 0 Å². The number of anilines is 1. The van der Waals surface area contributed by atoms with E-state index < -0.39 is 31.4 Å². The Balaban J connectivity index is 1.96. The van der Waals surface area contributed by atoms with Gasteiger partial charge in [-0.3, -0.25) is 19.3 Å². The van der Waals surface area contributed by atoms with Crippen molar-refractivity contribution < 1.29 is 13.3 Å². The van der Waals surface area contributed by atoms with Crippen LogP contribution in [0.4, 0.5) is 11.5 Å². The Morgan fingerprint density at radius 1 is 1.42 bits per heavy atom. The summed E-state index contributed by atoms with van der Waals surface area (Å²) >= 11 is 0. The van der Waals surface area contributed by atoms with E-state index in [9.17, 15) is 23.3 Å². The number of rotatable bonds is 6. The predicted octanol–water partition coefficient (Wildman–Crippen LogP) is 0.839. The lowest BCUT2D eigenvalue weighted by Gasteiger charge is -2.15. The number of hydrogen-bond donors (Lipinski definition) is 1. The molecule has 0 radical (unpaired) electrons. The van der Waals surface area contributed by atoms with E-state index in [4.69, 9.17) is 0 Å². The van der Waals surface area contributed by atoms with Gasteiger partial charge >= 0.3 is 11.2 Å². The third-order valence-corrected chi connectivity index (χ3v) is 5.19. The number of sulfone groups is 1. The van der Waals surface area contributed by atoms with Crippen LogP contribution in [0.3, 0.4) is 0 Å². The number of nitrogens with zero attached hydrogens (tertiary/aromatic N) is 3. The van der Waals surface area contributed by atoms with Crippen molar-refractivity contribution in [1.29, 1.82) is 0 Å². The van der Waals surface area contributed by atoms with Gasteiger partial charge in [-0.05, 0) is 25.0 Å². The second-order valence-electron chi connectivity index (χ2n) is 6.22. The largest absolute Gasteiger partial charge is 0.376 e. The molecule has 0 bridgehead atoms. The maximum Gasteiger partial charge on any atom is 0.376 e. The van der Waals surface area contributed by atoms with E-state index in [1.54, 1.807) is 18.2 Å². The molecule has 3 rings (SSSR count). The average molecular weight is 352 g/mol. The summed E-state index contributed by atoms with van der Waals surface area (Å²) in [6, 6.07) is 4.82. The molecule has 2 aromatic heterocycles. The maximum absolute atomic E-state index is 12.3.